The number of nitrogens with zero attached hydrogens (tertiary/aromatic N) is 3. The molecule has 96 valence electrons. The predicted molar refractivity (Wildman–Crippen MR) is 59.8 cm³/mol. The maximum Gasteiger partial charge on any atom is 0.433 e. The number of furan rings is 1. The maximum absolute atomic E-state index is 10.4. The smallest absolute Gasteiger partial charge is 0.404 e. The van der Waals surface area contributed by atoms with Crippen LogP contribution in [-0.4, -0.2) is 21.6 Å². The van der Waals surface area contributed by atoms with Gasteiger partial charge in [0.25, 0.3) is 0 Å². The van der Waals surface area contributed by atoms with Crippen molar-refractivity contribution < 1.29 is 13.9 Å². The minimum Gasteiger partial charge on any atom is -0.404 e. The molecule has 0 amide bonds. The van der Waals surface area contributed by atoms with Gasteiger partial charge in [0.1, 0.15) is 10.7 Å². The lowest BCUT2D eigenvalue weighted by Gasteiger charge is -1.98. The third-order valence-electron chi connectivity index (χ3n) is 2.22. The molecule has 0 saturated carbocycles. The Morgan fingerprint density at radius 2 is 2.33 bits per heavy atom. The highest BCUT2D eigenvalue weighted by Gasteiger charge is 2.11. The molecule has 0 spiro atoms. The van der Waals surface area contributed by atoms with E-state index < -0.39 is 4.92 Å². The monoisotopic (exact) mass is 252 g/mol. The summed E-state index contributed by atoms with van der Waals surface area (Å²) in [6.45, 7) is 2.78. The molecule has 8 nitrogen and oxygen atoms in total. The summed E-state index contributed by atoms with van der Waals surface area (Å²) in [5.74, 6) is 1.43. The van der Waals surface area contributed by atoms with Crippen molar-refractivity contribution in [1.82, 2.24) is 15.5 Å². The van der Waals surface area contributed by atoms with E-state index >= 15 is 0 Å². The van der Waals surface area contributed by atoms with Crippen LogP contribution in [0.25, 0.3) is 0 Å². The third kappa shape index (κ3) is 3.14. The van der Waals surface area contributed by atoms with E-state index in [0.29, 0.717) is 37.0 Å². The molecule has 0 unspecified atom stereocenters. The molecule has 2 heterocycles. The van der Waals surface area contributed by atoms with Crippen LogP contribution in [0.1, 0.15) is 17.5 Å². The summed E-state index contributed by atoms with van der Waals surface area (Å²) in [6, 6.07) is 2.91. The second kappa shape index (κ2) is 5.41. The normalized spacial score (nSPS) is 10.7. The van der Waals surface area contributed by atoms with Crippen molar-refractivity contribution in [2.75, 3.05) is 6.54 Å². The summed E-state index contributed by atoms with van der Waals surface area (Å²) in [5, 5.41) is 17.2. The summed E-state index contributed by atoms with van der Waals surface area (Å²) >= 11 is 0. The SMILES string of the molecule is Cc1nc(CCNCc2ccc([N+](=O)[O-])o2)no1. The van der Waals surface area contributed by atoms with Gasteiger partial charge in [0.2, 0.25) is 5.89 Å². The van der Waals surface area contributed by atoms with E-state index in [1.165, 1.54) is 6.07 Å². The zero-order chi connectivity index (χ0) is 13.0. The molecule has 0 aliphatic carbocycles. The fourth-order valence-corrected chi connectivity index (χ4v) is 1.41. The van der Waals surface area contributed by atoms with Crippen LogP contribution in [0.15, 0.2) is 21.1 Å². The molecule has 2 rings (SSSR count). The topological polar surface area (TPSA) is 107 Å². The van der Waals surface area contributed by atoms with Crippen molar-refractivity contribution in [1.29, 1.82) is 0 Å². The van der Waals surface area contributed by atoms with E-state index in [1.807, 2.05) is 0 Å². The Balaban J connectivity index is 1.73. The van der Waals surface area contributed by atoms with Gasteiger partial charge >= 0.3 is 5.88 Å². The minimum atomic E-state index is -0.564. The zero-order valence-corrected chi connectivity index (χ0v) is 9.75. The van der Waals surface area contributed by atoms with E-state index in [4.69, 9.17) is 8.94 Å². The Kier molecular flexibility index (Phi) is 3.68. The van der Waals surface area contributed by atoms with Gasteiger partial charge in [-0.3, -0.25) is 10.1 Å². The Labute approximate surface area is 102 Å². The molecule has 18 heavy (non-hydrogen) atoms. The largest absolute Gasteiger partial charge is 0.433 e. The first-order valence-corrected chi connectivity index (χ1v) is 5.38. The highest BCUT2D eigenvalue weighted by Crippen LogP contribution is 2.15. The second-order valence-corrected chi connectivity index (χ2v) is 3.65. The van der Waals surface area contributed by atoms with E-state index in [-0.39, 0.29) is 5.88 Å². The van der Waals surface area contributed by atoms with Gasteiger partial charge in [0, 0.05) is 19.9 Å². The fourth-order valence-electron chi connectivity index (χ4n) is 1.41. The van der Waals surface area contributed by atoms with Crippen LogP contribution in [-0.2, 0) is 13.0 Å². The van der Waals surface area contributed by atoms with Crippen LogP contribution in [0.4, 0.5) is 5.88 Å². The molecule has 0 atom stereocenters. The molecule has 0 aliphatic heterocycles. The van der Waals surface area contributed by atoms with Gasteiger partial charge in [-0.2, -0.15) is 4.98 Å². The molecule has 0 aliphatic rings. The number of nitro groups is 1. The first-order chi connectivity index (χ1) is 8.65. The minimum absolute atomic E-state index is 0.249. The second-order valence-electron chi connectivity index (χ2n) is 3.65. The van der Waals surface area contributed by atoms with Gasteiger partial charge in [-0.05, 0) is 6.07 Å². The molecule has 0 radical (unpaired) electrons. The van der Waals surface area contributed by atoms with Crippen LogP contribution in [0, 0.1) is 17.0 Å². The summed E-state index contributed by atoms with van der Waals surface area (Å²) in [6.07, 6.45) is 0.625. The summed E-state index contributed by atoms with van der Waals surface area (Å²) in [5.41, 5.74) is 0. The van der Waals surface area contributed by atoms with E-state index in [1.54, 1.807) is 13.0 Å². The van der Waals surface area contributed by atoms with Crippen LogP contribution in [0.2, 0.25) is 0 Å². The van der Waals surface area contributed by atoms with Crippen LogP contribution in [0.3, 0.4) is 0 Å². The van der Waals surface area contributed by atoms with Gasteiger partial charge < -0.3 is 14.3 Å². The van der Waals surface area contributed by atoms with Crippen molar-refractivity contribution >= 4 is 5.88 Å². The average molecular weight is 252 g/mol. The van der Waals surface area contributed by atoms with Gasteiger partial charge in [-0.1, -0.05) is 5.16 Å². The van der Waals surface area contributed by atoms with E-state index in [9.17, 15) is 10.1 Å². The molecule has 8 heteroatoms. The highest BCUT2D eigenvalue weighted by atomic mass is 16.6. The van der Waals surface area contributed by atoms with Crippen LogP contribution < -0.4 is 5.32 Å². The lowest BCUT2D eigenvalue weighted by atomic mass is 10.4. The number of rotatable bonds is 6. The van der Waals surface area contributed by atoms with Gasteiger partial charge in [0.15, 0.2) is 5.82 Å². The summed E-state index contributed by atoms with van der Waals surface area (Å²) < 4.78 is 9.82. The van der Waals surface area contributed by atoms with E-state index in [2.05, 4.69) is 15.5 Å². The number of hydrogen-bond donors (Lipinski definition) is 1. The molecule has 0 aromatic carbocycles. The fraction of sp³-hybridized carbons (Fsp3) is 0.400. The Morgan fingerprint density at radius 3 is 2.94 bits per heavy atom. The molecular formula is C10H12N4O4. The molecule has 0 fully saturated rings. The van der Waals surface area contributed by atoms with Crippen molar-refractivity contribution in [3.05, 3.63) is 39.7 Å². The van der Waals surface area contributed by atoms with Crippen molar-refractivity contribution in [2.45, 2.75) is 19.9 Å². The number of nitrogens with one attached hydrogen (secondary N) is 1. The first-order valence-electron chi connectivity index (χ1n) is 5.38. The van der Waals surface area contributed by atoms with Gasteiger partial charge in [0.05, 0.1) is 12.6 Å². The third-order valence-corrected chi connectivity index (χ3v) is 2.22. The van der Waals surface area contributed by atoms with E-state index in [0.717, 1.165) is 0 Å². The number of aromatic nitrogens is 2. The van der Waals surface area contributed by atoms with Crippen molar-refractivity contribution in [2.24, 2.45) is 0 Å². The molecule has 2 aromatic rings. The Morgan fingerprint density at radius 1 is 1.50 bits per heavy atom. The lowest BCUT2D eigenvalue weighted by Crippen LogP contribution is -2.16. The molecular weight excluding hydrogens is 240 g/mol. The zero-order valence-electron chi connectivity index (χ0n) is 9.75. The predicted octanol–water partition coefficient (Wildman–Crippen LogP) is 1.21. The van der Waals surface area contributed by atoms with Crippen LogP contribution in [0.5, 0.6) is 0 Å². The molecule has 1 N–H and O–H groups in total. The first kappa shape index (κ1) is 12.2. The molecule has 0 bridgehead atoms. The van der Waals surface area contributed by atoms with Crippen molar-refractivity contribution in [3.63, 3.8) is 0 Å². The summed E-state index contributed by atoms with van der Waals surface area (Å²) in [4.78, 5) is 13.9. The van der Waals surface area contributed by atoms with Crippen molar-refractivity contribution in [3.8, 4) is 0 Å². The van der Waals surface area contributed by atoms with Gasteiger partial charge in [-0.15, -0.1) is 0 Å². The number of hydrogen-bond acceptors (Lipinski definition) is 7. The molecule has 2 aromatic heterocycles. The average Bonchev–Trinajstić information content (AvgIpc) is 2.93. The lowest BCUT2D eigenvalue weighted by molar-refractivity contribution is -0.402. The quantitative estimate of drug-likeness (QED) is 0.467. The molecule has 0 saturated heterocycles. The number of aryl methyl sites for hydroxylation is 1. The Hall–Kier alpha value is -2.22. The maximum atomic E-state index is 10.4. The van der Waals surface area contributed by atoms with Crippen LogP contribution >= 0.6 is 0 Å². The standard InChI is InChI=1S/C10H12N4O4/c1-7-12-9(13-18-7)4-5-11-6-8-2-3-10(17-8)14(15)16/h2-3,11H,4-6H2,1H3. The summed E-state index contributed by atoms with van der Waals surface area (Å²) in [7, 11) is 0. The highest BCUT2D eigenvalue weighted by molar-refractivity contribution is 5.17. The van der Waals surface area contributed by atoms with Gasteiger partial charge in [-0.25, -0.2) is 0 Å². The Bertz CT molecular complexity index is 533.